The molecule has 1 atom stereocenters. The molecule has 0 saturated carbocycles. The van der Waals surface area contributed by atoms with Crippen LogP contribution in [0.3, 0.4) is 0 Å². The van der Waals surface area contributed by atoms with Crippen molar-refractivity contribution in [2.24, 2.45) is 0 Å². The van der Waals surface area contributed by atoms with E-state index in [-0.39, 0.29) is 22.8 Å². The summed E-state index contributed by atoms with van der Waals surface area (Å²) >= 11 is 0. The third-order valence-corrected chi connectivity index (χ3v) is 5.24. The number of Topliss-reactive ketones (excluding diaryl/α,β-unsaturated/α-hetero) is 1. The molecule has 1 unspecified atom stereocenters. The van der Waals surface area contributed by atoms with Gasteiger partial charge in [-0.1, -0.05) is 18.2 Å². The van der Waals surface area contributed by atoms with Gasteiger partial charge in [-0.05, 0) is 55.0 Å². The van der Waals surface area contributed by atoms with Crippen LogP contribution in [0.1, 0.15) is 22.9 Å². The fraction of sp³-hybridized carbons (Fsp3) is 0.125. The molecule has 3 aromatic rings. The standard InChI is InChI=1S/C24H20N2O5/c1-14-13-15(31-2)10-11-16(14)22(28)20-21(17-7-5-6-12-25-17)26(24(30)23(20)29)18-8-3-4-9-19(18)27/h3-13,21,27-28H,1-2H3/b22-20-. The predicted molar refractivity (Wildman–Crippen MR) is 115 cm³/mol. The lowest BCUT2D eigenvalue weighted by Gasteiger charge is -2.25. The summed E-state index contributed by atoms with van der Waals surface area (Å²) in [5.74, 6) is -1.58. The second kappa shape index (κ2) is 7.95. The number of aromatic nitrogens is 1. The van der Waals surface area contributed by atoms with Gasteiger partial charge in [0.05, 0.1) is 24.1 Å². The Labute approximate surface area is 178 Å². The van der Waals surface area contributed by atoms with Gasteiger partial charge in [-0.25, -0.2) is 0 Å². The lowest BCUT2D eigenvalue weighted by Crippen LogP contribution is -2.29. The van der Waals surface area contributed by atoms with Gasteiger partial charge >= 0.3 is 0 Å². The van der Waals surface area contributed by atoms with E-state index in [9.17, 15) is 19.8 Å². The minimum absolute atomic E-state index is 0.0970. The van der Waals surface area contributed by atoms with Crippen LogP contribution in [0.25, 0.3) is 5.76 Å². The van der Waals surface area contributed by atoms with Crippen molar-refractivity contribution in [3.8, 4) is 11.5 Å². The fourth-order valence-electron chi connectivity index (χ4n) is 3.74. The van der Waals surface area contributed by atoms with Gasteiger partial charge in [-0.15, -0.1) is 0 Å². The number of aryl methyl sites for hydroxylation is 1. The zero-order valence-corrected chi connectivity index (χ0v) is 16.9. The van der Waals surface area contributed by atoms with E-state index in [4.69, 9.17) is 4.74 Å². The summed E-state index contributed by atoms with van der Waals surface area (Å²) in [5.41, 5.74) is 1.52. The van der Waals surface area contributed by atoms with Crippen molar-refractivity contribution in [1.29, 1.82) is 0 Å². The summed E-state index contributed by atoms with van der Waals surface area (Å²) in [4.78, 5) is 31.6. The number of anilines is 1. The summed E-state index contributed by atoms with van der Waals surface area (Å²) < 4.78 is 5.21. The van der Waals surface area contributed by atoms with Gasteiger partial charge in [-0.2, -0.15) is 0 Å². The number of hydrogen-bond acceptors (Lipinski definition) is 6. The second-order valence-corrected chi connectivity index (χ2v) is 7.09. The van der Waals surface area contributed by atoms with Gasteiger partial charge in [0.15, 0.2) is 0 Å². The number of rotatable bonds is 4. The normalized spacial score (nSPS) is 17.7. The van der Waals surface area contributed by atoms with Gasteiger partial charge in [0.1, 0.15) is 23.3 Å². The molecule has 1 aliphatic heterocycles. The Hall–Kier alpha value is -4.13. The molecule has 0 radical (unpaired) electrons. The Bertz CT molecular complexity index is 1200. The van der Waals surface area contributed by atoms with E-state index >= 15 is 0 Å². The number of pyridine rings is 1. The molecule has 1 fully saturated rings. The van der Waals surface area contributed by atoms with Crippen LogP contribution in [0.5, 0.6) is 11.5 Å². The lowest BCUT2D eigenvalue weighted by atomic mass is 9.96. The fourth-order valence-corrected chi connectivity index (χ4v) is 3.74. The van der Waals surface area contributed by atoms with Gasteiger partial charge in [-0.3, -0.25) is 19.5 Å². The Morgan fingerprint density at radius 2 is 1.81 bits per heavy atom. The first kappa shape index (κ1) is 20.2. The second-order valence-electron chi connectivity index (χ2n) is 7.09. The van der Waals surface area contributed by atoms with Crippen LogP contribution < -0.4 is 9.64 Å². The van der Waals surface area contributed by atoms with Crippen molar-refractivity contribution in [2.45, 2.75) is 13.0 Å². The van der Waals surface area contributed by atoms with E-state index in [1.165, 1.54) is 24.1 Å². The van der Waals surface area contributed by atoms with Crippen LogP contribution >= 0.6 is 0 Å². The van der Waals surface area contributed by atoms with Crippen LogP contribution in [-0.2, 0) is 9.59 Å². The average molecular weight is 416 g/mol. The summed E-state index contributed by atoms with van der Waals surface area (Å²) in [6.45, 7) is 1.77. The number of aliphatic hydroxyl groups is 1. The van der Waals surface area contributed by atoms with Crippen molar-refractivity contribution in [1.82, 2.24) is 4.98 Å². The quantitative estimate of drug-likeness (QED) is 0.382. The summed E-state index contributed by atoms with van der Waals surface area (Å²) in [6, 6.07) is 15.4. The highest BCUT2D eigenvalue weighted by Crippen LogP contribution is 2.44. The first-order valence-corrected chi connectivity index (χ1v) is 9.59. The topological polar surface area (TPSA) is 100.0 Å². The highest BCUT2D eigenvalue weighted by Gasteiger charge is 2.48. The molecule has 1 saturated heterocycles. The molecule has 4 rings (SSSR count). The zero-order valence-electron chi connectivity index (χ0n) is 16.9. The number of carbonyl (C=O) groups is 2. The Morgan fingerprint density at radius 3 is 2.45 bits per heavy atom. The predicted octanol–water partition coefficient (Wildman–Crippen LogP) is 3.73. The number of ketones is 1. The molecular formula is C24H20N2O5. The Balaban J connectivity index is 1.96. The number of nitrogens with zero attached hydrogens (tertiary/aromatic N) is 2. The van der Waals surface area contributed by atoms with Crippen LogP contribution in [0.15, 0.2) is 72.4 Å². The third kappa shape index (κ3) is 3.40. The number of phenols is 1. The van der Waals surface area contributed by atoms with Gasteiger partial charge in [0.2, 0.25) is 0 Å². The highest BCUT2D eigenvalue weighted by atomic mass is 16.5. The molecule has 1 aliphatic rings. The Kier molecular flexibility index (Phi) is 5.17. The molecule has 2 aromatic carbocycles. The molecule has 31 heavy (non-hydrogen) atoms. The van der Waals surface area contributed by atoms with Gasteiger partial charge in [0.25, 0.3) is 11.7 Å². The maximum atomic E-state index is 13.1. The first-order chi connectivity index (χ1) is 14.9. The molecular weight excluding hydrogens is 396 g/mol. The van der Waals surface area contributed by atoms with Crippen molar-refractivity contribution < 1.29 is 24.5 Å². The van der Waals surface area contributed by atoms with Crippen LogP contribution in [-0.4, -0.2) is 34.0 Å². The molecule has 1 amide bonds. The minimum Gasteiger partial charge on any atom is -0.507 e. The molecule has 7 heteroatoms. The van der Waals surface area contributed by atoms with Crippen LogP contribution in [0, 0.1) is 6.92 Å². The number of amides is 1. The van der Waals surface area contributed by atoms with E-state index in [1.54, 1.807) is 61.7 Å². The molecule has 0 aliphatic carbocycles. The summed E-state index contributed by atoms with van der Waals surface area (Å²) in [7, 11) is 1.53. The molecule has 1 aromatic heterocycles. The van der Waals surface area contributed by atoms with Crippen molar-refractivity contribution >= 4 is 23.1 Å². The van der Waals surface area contributed by atoms with Crippen molar-refractivity contribution in [3.63, 3.8) is 0 Å². The summed E-state index contributed by atoms with van der Waals surface area (Å²) in [6.07, 6.45) is 1.54. The number of para-hydroxylation sites is 2. The summed E-state index contributed by atoms with van der Waals surface area (Å²) in [5, 5.41) is 21.5. The van der Waals surface area contributed by atoms with Crippen LogP contribution in [0.4, 0.5) is 5.69 Å². The van der Waals surface area contributed by atoms with Gasteiger partial charge in [0, 0.05) is 11.8 Å². The smallest absolute Gasteiger partial charge is 0.300 e. The Morgan fingerprint density at radius 1 is 1.06 bits per heavy atom. The molecule has 0 spiro atoms. The number of methoxy groups -OCH3 is 1. The number of carbonyl (C=O) groups excluding carboxylic acids is 2. The first-order valence-electron chi connectivity index (χ1n) is 9.59. The SMILES string of the molecule is COc1ccc(/C(O)=C2/C(=O)C(=O)N(c3ccccc3O)C2c2ccccn2)c(C)c1. The van der Waals surface area contributed by atoms with Crippen molar-refractivity contribution in [3.05, 3.63) is 89.3 Å². The number of phenolic OH excluding ortho intramolecular Hbond substituents is 1. The average Bonchev–Trinajstić information content (AvgIpc) is 3.04. The van der Waals surface area contributed by atoms with E-state index in [1.807, 2.05) is 0 Å². The third-order valence-electron chi connectivity index (χ3n) is 5.24. The number of benzene rings is 2. The lowest BCUT2D eigenvalue weighted by molar-refractivity contribution is -0.132. The maximum absolute atomic E-state index is 13.1. The molecule has 0 bridgehead atoms. The van der Waals surface area contributed by atoms with E-state index in [0.717, 1.165) is 0 Å². The molecule has 2 N–H and O–H groups in total. The zero-order chi connectivity index (χ0) is 22.1. The highest BCUT2D eigenvalue weighted by molar-refractivity contribution is 6.51. The van der Waals surface area contributed by atoms with Crippen molar-refractivity contribution in [2.75, 3.05) is 12.0 Å². The van der Waals surface area contributed by atoms with E-state index < -0.39 is 17.7 Å². The maximum Gasteiger partial charge on any atom is 0.300 e. The number of hydrogen-bond donors (Lipinski definition) is 2. The van der Waals surface area contributed by atoms with Crippen LogP contribution in [0.2, 0.25) is 0 Å². The van der Waals surface area contributed by atoms with Gasteiger partial charge < -0.3 is 14.9 Å². The van der Waals surface area contributed by atoms with E-state index in [2.05, 4.69) is 4.98 Å². The number of aliphatic hydroxyl groups excluding tert-OH is 1. The number of ether oxygens (including phenoxy) is 1. The number of aromatic hydroxyl groups is 1. The largest absolute Gasteiger partial charge is 0.507 e. The molecule has 2 heterocycles. The monoisotopic (exact) mass is 416 g/mol. The molecule has 7 nitrogen and oxygen atoms in total. The van der Waals surface area contributed by atoms with E-state index in [0.29, 0.717) is 22.6 Å². The minimum atomic E-state index is -1.00. The molecule has 156 valence electrons.